The van der Waals surface area contributed by atoms with Crippen LogP contribution in [0, 0.1) is 13.8 Å². The van der Waals surface area contributed by atoms with Crippen molar-refractivity contribution in [3.63, 3.8) is 0 Å². The van der Waals surface area contributed by atoms with Gasteiger partial charge in [0, 0.05) is 12.3 Å². The topological polar surface area (TPSA) is 0 Å². The van der Waals surface area contributed by atoms with Crippen molar-refractivity contribution in [1.82, 2.24) is 0 Å². The zero-order valence-corrected chi connectivity index (χ0v) is 30.4. The van der Waals surface area contributed by atoms with Gasteiger partial charge in [0.25, 0.3) is 0 Å². The first-order chi connectivity index (χ1) is 24.7. The van der Waals surface area contributed by atoms with Crippen molar-refractivity contribution >= 4 is 58.6 Å². The van der Waals surface area contributed by atoms with Gasteiger partial charge in [-0.05, 0) is 106 Å². The highest BCUT2D eigenvalue weighted by Crippen LogP contribution is 2.48. The third-order valence-corrected chi connectivity index (χ3v) is 15.2. The van der Waals surface area contributed by atoms with Crippen LogP contribution < -0.4 is 21.2 Å². The summed E-state index contributed by atoms with van der Waals surface area (Å²) < 4.78 is 0. The van der Waals surface area contributed by atoms with Crippen LogP contribution in [-0.4, -0.2) is 0 Å². The molecule has 0 aromatic heterocycles. The Labute approximate surface area is 299 Å². The van der Waals surface area contributed by atoms with Crippen LogP contribution in [0.25, 0.3) is 32.7 Å². The molecule has 0 radical (unpaired) electrons. The summed E-state index contributed by atoms with van der Waals surface area (Å²) in [5.74, 6) is 0. The van der Waals surface area contributed by atoms with Crippen molar-refractivity contribution in [3.05, 3.63) is 204 Å². The van der Waals surface area contributed by atoms with Crippen LogP contribution in [0.1, 0.15) is 22.3 Å². The van der Waals surface area contributed by atoms with E-state index in [2.05, 4.69) is 196 Å². The molecule has 8 aromatic rings. The summed E-state index contributed by atoms with van der Waals surface area (Å²) in [6.45, 7) is 4.56. The van der Waals surface area contributed by atoms with Gasteiger partial charge in [0.05, 0.1) is 0 Å². The SMILES string of the molecule is Cc1ccccc1P(Cc1ccc2ccccc2c1-c1c(CP(c2ccccc2)c2ccccc2)ccc2ccccc12)c1ccccc1C. The molecule has 0 amide bonds. The van der Waals surface area contributed by atoms with Gasteiger partial charge in [-0.2, -0.15) is 0 Å². The van der Waals surface area contributed by atoms with E-state index in [1.54, 1.807) is 0 Å². The zero-order chi connectivity index (χ0) is 33.9. The molecule has 0 bridgehead atoms. The Hall–Kier alpha value is -4.86. The minimum Gasteiger partial charge on any atom is -0.0622 e. The maximum Gasteiger partial charge on any atom is 0.00140 e. The minimum atomic E-state index is -0.669. The summed E-state index contributed by atoms with van der Waals surface area (Å²) in [7, 11) is -1.30. The van der Waals surface area contributed by atoms with E-state index in [1.807, 2.05) is 0 Å². The molecular weight excluding hydrogens is 638 g/mol. The van der Waals surface area contributed by atoms with Crippen LogP contribution in [0.15, 0.2) is 182 Å². The van der Waals surface area contributed by atoms with Crippen molar-refractivity contribution in [2.45, 2.75) is 26.2 Å². The monoisotopic (exact) mass is 678 g/mol. The second-order valence-electron chi connectivity index (χ2n) is 13.1. The maximum absolute atomic E-state index is 2.44. The molecule has 8 rings (SSSR count). The lowest BCUT2D eigenvalue weighted by molar-refractivity contribution is 1.37. The first kappa shape index (κ1) is 32.4. The van der Waals surface area contributed by atoms with E-state index in [9.17, 15) is 0 Å². The van der Waals surface area contributed by atoms with Crippen LogP contribution >= 0.6 is 15.8 Å². The first-order valence-corrected chi connectivity index (χ1v) is 20.5. The van der Waals surface area contributed by atoms with E-state index < -0.39 is 15.8 Å². The van der Waals surface area contributed by atoms with E-state index in [0.717, 1.165) is 12.3 Å². The number of hydrogen-bond donors (Lipinski definition) is 0. The molecule has 8 aromatic carbocycles. The minimum absolute atomic E-state index is 0.636. The van der Waals surface area contributed by atoms with E-state index >= 15 is 0 Å². The number of fused-ring (bicyclic) bond motifs is 2. The summed E-state index contributed by atoms with van der Waals surface area (Å²) in [5.41, 5.74) is 8.34. The molecule has 0 saturated heterocycles. The van der Waals surface area contributed by atoms with E-state index in [0.29, 0.717) is 0 Å². The number of hydrogen-bond acceptors (Lipinski definition) is 0. The fourth-order valence-electron chi connectivity index (χ4n) is 7.41. The highest BCUT2D eigenvalue weighted by Gasteiger charge is 2.24. The Bertz CT molecular complexity index is 2330. The third kappa shape index (κ3) is 6.43. The second-order valence-corrected chi connectivity index (χ2v) is 17.4. The molecular formula is C48H40P2. The largest absolute Gasteiger partial charge is 0.0622 e. The summed E-state index contributed by atoms with van der Waals surface area (Å²) in [4.78, 5) is 0. The Kier molecular flexibility index (Phi) is 9.41. The third-order valence-electron chi connectivity index (χ3n) is 9.89. The molecule has 2 heteroatoms. The molecule has 0 unspecified atom stereocenters. The van der Waals surface area contributed by atoms with Gasteiger partial charge in [0.2, 0.25) is 0 Å². The number of rotatable bonds is 9. The van der Waals surface area contributed by atoms with Gasteiger partial charge in [-0.1, -0.05) is 182 Å². The van der Waals surface area contributed by atoms with Gasteiger partial charge >= 0.3 is 0 Å². The van der Waals surface area contributed by atoms with Gasteiger partial charge in [-0.3, -0.25) is 0 Å². The molecule has 0 aliphatic heterocycles. The Morgan fingerprint density at radius 2 is 0.720 bits per heavy atom. The maximum atomic E-state index is 2.44. The Balaban J connectivity index is 1.38. The van der Waals surface area contributed by atoms with Gasteiger partial charge in [0.15, 0.2) is 0 Å². The number of benzene rings is 8. The summed E-state index contributed by atoms with van der Waals surface area (Å²) in [6, 6.07) is 68.0. The van der Waals surface area contributed by atoms with Crippen molar-refractivity contribution in [2.75, 3.05) is 0 Å². The summed E-state index contributed by atoms with van der Waals surface area (Å²) in [6.07, 6.45) is 1.94. The van der Waals surface area contributed by atoms with Crippen LogP contribution in [0.2, 0.25) is 0 Å². The fourth-order valence-corrected chi connectivity index (χ4v) is 12.5. The van der Waals surface area contributed by atoms with E-state index in [1.165, 1.54) is 76.1 Å². The molecule has 0 aliphatic carbocycles. The van der Waals surface area contributed by atoms with E-state index in [4.69, 9.17) is 0 Å². The molecule has 0 spiro atoms. The average Bonchev–Trinajstić information content (AvgIpc) is 3.17. The highest BCUT2D eigenvalue weighted by atomic mass is 31.1. The summed E-state index contributed by atoms with van der Waals surface area (Å²) >= 11 is 0. The molecule has 0 saturated carbocycles. The highest BCUT2D eigenvalue weighted by molar-refractivity contribution is 7.72. The van der Waals surface area contributed by atoms with Gasteiger partial charge < -0.3 is 0 Å². The molecule has 0 atom stereocenters. The molecule has 0 nitrogen and oxygen atoms in total. The van der Waals surface area contributed by atoms with Gasteiger partial charge in [-0.15, -0.1) is 0 Å². The lowest BCUT2D eigenvalue weighted by Crippen LogP contribution is -2.18. The van der Waals surface area contributed by atoms with Crippen LogP contribution in [0.3, 0.4) is 0 Å². The normalized spacial score (nSPS) is 11.5. The van der Waals surface area contributed by atoms with Gasteiger partial charge in [0.1, 0.15) is 0 Å². The zero-order valence-electron chi connectivity index (χ0n) is 28.6. The standard InChI is InChI=1S/C48H40P2/c1-35-17-9-15-27-45(35)50(46-28-16-10-18-36(46)2)34-40-32-30-38-20-12-14-26-44(38)48(40)47-39(31-29-37-19-11-13-25-43(37)47)33-49(41-21-5-3-6-22-41)42-23-7-4-8-24-42/h3-32H,33-34H2,1-2H3. The molecule has 0 N–H and O–H groups in total. The molecule has 0 aliphatic rings. The lowest BCUT2D eigenvalue weighted by Gasteiger charge is -2.26. The van der Waals surface area contributed by atoms with Crippen LogP contribution in [0.4, 0.5) is 0 Å². The Morgan fingerprint density at radius 3 is 1.18 bits per heavy atom. The predicted molar refractivity (Wildman–Crippen MR) is 222 cm³/mol. The molecule has 0 fully saturated rings. The summed E-state index contributed by atoms with van der Waals surface area (Å²) in [5, 5.41) is 11.0. The number of aryl methyl sites for hydroxylation is 2. The van der Waals surface area contributed by atoms with Crippen molar-refractivity contribution in [1.29, 1.82) is 0 Å². The lowest BCUT2D eigenvalue weighted by atomic mass is 9.88. The average molecular weight is 679 g/mol. The predicted octanol–water partition coefficient (Wildman–Crippen LogP) is 11.5. The van der Waals surface area contributed by atoms with Gasteiger partial charge in [-0.25, -0.2) is 0 Å². The molecule has 242 valence electrons. The molecule has 0 heterocycles. The van der Waals surface area contributed by atoms with Crippen molar-refractivity contribution < 1.29 is 0 Å². The smallest absolute Gasteiger partial charge is 0.00140 e. The van der Waals surface area contributed by atoms with Crippen molar-refractivity contribution in [3.8, 4) is 11.1 Å². The van der Waals surface area contributed by atoms with Crippen LogP contribution in [-0.2, 0) is 12.3 Å². The van der Waals surface area contributed by atoms with Crippen molar-refractivity contribution in [2.24, 2.45) is 0 Å². The fraction of sp³-hybridized carbons (Fsp3) is 0.0833. The second kappa shape index (κ2) is 14.5. The quantitative estimate of drug-likeness (QED) is 0.133. The van der Waals surface area contributed by atoms with Crippen LogP contribution in [0.5, 0.6) is 0 Å². The van der Waals surface area contributed by atoms with E-state index in [-0.39, 0.29) is 0 Å². The Morgan fingerprint density at radius 1 is 0.340 bits per heavy atom. The first-order valence-electron chi connectivity index (χ1n) is 17.4. The molecule has 50 heavy (non-hydrogen) atoms.